The Morgan fingerprint density at radius 3 is 2.50 bits per heavy atom. The number of hydrogen-bond donors (Lipinski definition) is 1. The maximum atomic E-state index is 12.6. The van der Waals surface area contributed by atoms with Gasteiger partial charge in [-0.15, -0.1) is 0 Å². The summed E-state index contributed by atoms with van der Waals surface area (Å²) in [5.41, 5.74) is 0.983. The van der Waals surface area contributed by atoms with E-state index in [0.29, 0.717) is 19.0 Å². The molecule has 1 saturated carbocycles. The van der Waals surface area contributed by atoms with Gasteiger partial charge in [0.1, 0.15) is 11.6 Å². The molecule has 3 rings (SSSR count). The van der Waals surface area contributed by atoms with Gasteiger partial charge in [0.2, 0.25) is 5.91 Å². The third-order valence-corrected chi connectivity index (χ3v) is 5.09. The fourth-order valence-corrected chi connectivity index (χ4v) is 3.61. The normalized spacial score (nSPS) is 24.7. The van der Waals surface area contributed by atoms with Crippen LogP contribution in [0.5, 0.6) is 0 Å². The topological polar surface area (TPSA) is 69.6 Å². The lowest BCUT2D eigenvalue weighted by molar-refractivity contribution is -0.138. The number of anilines is 1. The maximum absolute atomic E-state index is 12.6. The van der Waals surface area contributed by atoms with Gasteiger partial charge in [0.05, 0.1) is 12.0 Å². The Kier molecular flexibility index (Phi) is 5.04. The molecular weight excluding hydrogens is 304 g/mol. The number of amides is 1. The summed E-state index contributed by atoms with van der Waals surface area (Å²) in [6.07, 6.45) is 2.08. The first kappa shape index (κ1) is 17.1. The van der Waals surface area contributed by atoms with Gasteiger partial charge >= 0.3 is 0 Å². The number of hydrogen-bond acceptors (Lipinski definition) is 5. The van der Waals surface area contributed by atoms with E-state index < -0.39 is 6.10 Å². The third-order valence-electron chi connectivity index (χ3n) is 5.09. The van der Waals surface area contributed by atoms with E-state index in [4.69, 9.17) is 0 Å². The molecular formula is C18H28N4O2. The minimum atomic E-state index is -0.450. The Morgan fingerprint density at radius 1 is 1.21 bits per heavy atom. The van der Waals surface area contributed by atoms with E-state index in [-0.39, 0.29) is 11.8 Å². The van der Waals surface area contributed by atoms with Crippen LogP contribution < -0.4 is 4.90 Å². The van der Waals surface area contributed by atoms with E-state index in [2.05, 4.69) is 28.7 Å². The molecule has 1 aromatic heterocycles. The van der Waals surface area contributed by atoms with Crippen LogP contribution in [0.3, 0.4) is 0 Å². The molecule has 1 amide bonds. The van der Waals surface area contributed by atoms with Crippen LogP contribution in [0.4, 0.5) is 5.82 Å². The summed E-state index contributed by atoms with van der Waals surface area (Å²) in [6.45, 7) is 9.15. The smallest absolute Gasteiger partial charge is 0.228 e. The molecule has 2 aliphatic rings. The molecule has 0 aromatic carbocycles. The van der Waals surface area contributed by atoms with Crippen molar-refractivity contribution in [2.75, 3.05) is 31.1 Å². The number of aromatic nitrogens is 2. The van der Waals surface area contributed by atoms with Crippen LogP contribution in [0.15, 0.2) is 6.07 Å². The molecule has 0 bridgehead atoms. The summed E-state index contributed by atoms with van der Waals surface area (Å²) in [5, 5.41) is 9.96. The second-order valence-corrected chi connectivity index (χ2v) is 7.30. The van der Waals surface area contributed by atoms with Crippen molar-refractivity contribution >= 4 is 11.7 Å². The van der Waals surface area contributed by atoms with Crippen LogP contribution in [0.2, 0.25) is 0 Å². The van der Waals surface area contributed by atoms with Crippen molar-refractivity contribution in [3.8, 4) is 0 Å². The van der Waals surface area contributed by atoms with E-state index in [0.717, 1.165) is 49.7 Å². The average Bonchev–Trinajstić information content (AvgIpc) is 2.99. The van der Waals surface area contributed by atoms with Crippen LogP contribution in [0, 0.1) is 12.8 Å². The molecule has 2 heterocycles. The lowest BCUT2D eigenvalue weighted by Gasteiger charge is -2.37. The first-order valence-corrected chi connectivity index (χ1v) is 9.03. The number of rotatable bonds is 3. The molecule has 0 spiro atoms. The molecule has 2 unspecified atom stereocenters. The number of aryl methyl sites for hydroxylation is 1. The van der Waals surface area contributed by atoms with Crippen molar-refractivity contribution in [1.29, 1.82) is 0 Å². The van der Waals surface area contributed by atoms with Gasteiger partial charge in [0.25, 0.3) is 0 Å². The number of carbonyl (C=O) groups is 1. The molecule has 1 aliphatic carbocycles. The van der Waals surface area contributed by atoms with Crippen LogP contribution in [-0.4, -0.2) is 58.2 Å². The first-order chi connectivity index (χ1) is 11.5. The second-order valence-electron chi connectivity index (χ2n) is 7.30. The summed E-state index contributed by atoms with van der Waals surface area (Å²) in [6, 6.07) is 2.02. The number of nitrogens with zero attached hydrogens (tertiary/aromatic N) is 4. The Balaban J connectivity index is 1.64. The quantitative estimate of drug-likeness (QED) is 0.913. The highest BCUT2D eigenvalue weighted by molar-refractivity contribution is 5.80. The molecule has 132 valence electrons. The highest BCUT2D eigenvalue weighted by Crippen LogP contribution is 2.28. The molecule has 2 atom stereocenters. The SMILES string of the molecule is Cc1cc(N2CCN(C(=O)C3CCCC3O)CC2)nc(C(C)C)n1. The minimum absolute atomic E-state index is 0.126. The molecule has 6 heteroatoms. The standard InChI is InChI=1S/C18H28N4O2/c1-12(2)17-19-13(3)11-16(20-17)21-7-9-22(10-8-21)18(24)14-5-4-6-15(14)23/h11-12,14-15,23H,4-10H2,1-3H3. The third kappa shape index (κ3) is 3.53. The zero-order chi connectivity index (χ0) is 17.3. The molecule has 1 N–H and O–H groups in total. The van der Waals surface area contributed by atoms with Gasteiger partial charge in [-0.25, -0.2) is 9.97 Å². The summed E-state index contributed by atoms with van der Waals surface area (Å²) in [4.78, 5) is 25.9. The van der Waals surface area contributed by atoms with Crippen LogP contribution in [0.25, 0.3) is 0 Å². The highest BCUT2D eigenvalue weighted by atomic mass is 16.3. The Hall–Kier alpha value is -1.69. The monoisotopic (exact) mass is 332 g/mol. The van der Waals surface area contributed by atoms with E-state index in [1.54, 1.807) is 0 Å². The summed E-state index contributed by atoms with van der Waals surface area (Å²) in [5.74, 6) is 2.07. The van der Waals surface area contributed by atoms with Crippen LogP contribution in [0.1, 0.15) is 50.5 Å². The minimum Gasteiger partial charge on any atom is -0.392 e. The zero-order valence-corrected chi connectivity index (χ0v) is 14.9. The predicted molar refractivity (Wildman–Crippen MR) is 93.0 cm³/mol. The number of piperazine rings is 1. The number of aliphatic hydroxyl groups is 1. The summed E-state index contributed by atoms with van der Waals surface area (Å²) < 4.78 is 0. The van der Waals surface area contributed by atoms with E-state index in [1.807, 2.05) is 17.9 Å². The van der Waals surface area contributed by atoms with Gasteiger partial charge in [-0.05, 0) is 26.2 Å². The Morgan fingerprint density at radius 2 is 1.92 bits per heavy atom. The lowest BCUT2D eigenvalue weighted by Crippen LogP contribution is -2.51. The molecule has 2 fully saturated rings. The fourth-order valence-electron chi connectivity index (χ4n) is 3.61. The van der Waals surface area contributed by atoms with Crippen LogP contribution in [-0.2, 0) is 4.79 Å². The lowest BCUT2D eigenvalue weighted by atomic mass is 10.0. The van der Waals surface area contributed by atoms with Gasteiger partial charge in [-0.3, -0.25) is 4.79 Å². The molecule has 0 radical (unpaired) electrons. The van der Waals surface area contributed by atoms with Crippen LogP contribution >= 0.6 is 0 Å². The molecule has 1 saturated heterocycles. The largest absolute Gasteiger partial charge is 0.392 e. The Bertz CT molecular complexity index is 597. The first-order valence-electron chi connectivity index (χ1n) is 9.03. The van der Waals surface area contributed by atoms with Gasteiger partial charge in [-0.2, -0.15) is 0 Å². The molecule has 24 heavy (non-hydrogen) atoms. The summed E-state index contributed by atoms with van der Waals surface area (Å²) >= 11 is 0. The summed E-state index contributed by atoms with van der Waals surface area (Å²) in [7, 11) is 0. The van der Waals surface area contributed by atoms with Crippen molar-refractivity contribution in [3.63, 3.8) is 0 Å². The highest BCUT2D eigenvalue weighted by Gasteiger charge is 2.35. The van der Waals surface area contributed by atoms with Crippen molar-refractivity contribution < 1.29 is 9.90 Å². The maximum Gasteiger partial charge on any atom is 0.228 e. The van der Waals surface area contributed by atoms with Crippen molar-refractivity contribution in [3.05, 3.63) is 17.6 Å². The number of carbonyl (C=O) groups excluding carboxylic acids is 1. The van der Waals surface area contributed by atoms with Gasteiger partial charge in [-0.1, -0.05) is 13.8 Å². The fraction of sp³-hybridized carbons (Fsp3) is 0.722. The van der Waals surface area contributed by atoms with Crippen molar-refractivity contribution in [2.45, 2.75) is 52.1 Å². The van der Waals surface area contributed by atoms with Gasteiger partial charge < -0.3 is 14.9 Å². The molecule has 1 aliphatic heterocycles. The van der Waals surface area contributed by atoms with E-state index in [9.17, 15) is 9.90 Å². The van der Waals surface area contributed by atoms with Gasteiger partial charge in [0, 0.05) is 43.9 Å². The van der Waals surface area contributed by atoms with Crippen molar-refractivity contribution in [2.24, 2.45) is 5.92 Å². The zero-order valence-electron chi connectivity index (χ0n) is 14.9. The number of aliphatic hydroxyl groups excluding tert-OH is 1. The molecule has 6 nitrogen and oxygen atoms in total. The van der Waals surface area contributed by atoms with E-state index >= 15 is 0 Å². The van der Waals surface area contributed by atoms with Gasteiger partial charge in [0.15, 0.2) is 0 Å². The average molecular weight is 332 g/mol. The Labute approximate surface area is 143 Å². The molecule has 1 aromatic rings. The van der Waals surface area contributed by atoms with Crippen molar-refractivity contribution in [1.82, 2.24) is 14.9 Å². The second kappa shape index (κ2) is 7.05. The predicted octanol–water partition coefficient (Wildman–Crippen LogP) is 1.72. The van der Waals surface area contributed by atoms with E-state index in [1.165, 1.54) is 0 Å².